The van der Waals surface area contributed by atoms with Gasteiger partial charge in [0.1, 0.15) is 6.07 Å². The van der Waals surface area contributed by atoms with Crippen LogP contribution in [0, 0.1) is 21.4 Å². The molecule has 0 spiro atoms. The smallest absolute Gasteiger partial charge is 0.270 e. The summed E-state index contributed by atoms with van der Waals surface area (Å²) in [7, 11) is 1.70. The Morgan fingerprint density at radius 2 is 1.95 bits per heavy atom. The van der Waals surface area contributed by atoms with Gasteiger partial charge >= 0.3 is 0 Å². The molecular weight excluding hydrogens is 270 g/mol. The van der Waals surface area contributed by atoms with Gasteiger partial charge in [-0.15, -0.1) is 0 Å². The van der Waals surface area contributed by atoms with Crippen LogP contribution < -0.4 is 4.90 Å². The molecule has 6 nitrogen and oxygen atoms in total. The maximum absolute atomic E-state index is 11.2. The van der Waals surface area contributed by atoms with Crippen molar-refractivity contribution >= 4 is 23.3 Å². The Bertz CT molecular complexity index is 750. The zero-order valence-electron chi connectivity index (χ0n) is 11.2. The van der Waals surface area contributed by atoms with Crippen molar-refractivity contribution in [1.82, 2.24) is 0 Å². The number of anilines is 2. The molecule has 2 aromatic rings. The third-order valence-electron chi connectivity index (χ3n) is 3.10. The van der Waals surface area contributed by atoms with Crippen molar-refractivity contribution in [2.45, 2.75) is 0 Å². The average molecular weight is 281 g/mol. The summed E-state index contributed by atoms with van der Waals surface area (Å²) in [5, 5.41) is 19.9. The maximum Gasteiger partial charge on any atom is 0.270 e. The van der Waals surface area contributed by atoms with Gasteiger partial charge in [-0.3, -0.25) is 14.9 Å². The van der Waals surface area contributed by atoms with Crippen LogP contribution in [0.1, 0.15) is 15.9 Å². The first kappa shape index (κ1) is 14.2. The molecule has 104 valence electrons. The number of nitriles is 1. The second kappa shape index (κ2) is 5.84. The number of hydrogen-bond acceptors (Lipinski definition) is 5. The van der Waals surface area contributed by atoms with Crippen LogP contribution in [0.2, 0.25) is 0 Å². The number of benzene rings is 2. The molecule has 2 aromatic carbocycles. The molecule has 0 bridgehead atoms. The van der Waals surface area contributed by atoms with Gasteiger partial charge in [-0.25, -0.2) is 0 Å². The Balaban J connectivity index is 2.53. The molecule has 0 radical (unpaired) electrons. The standard InChI is InChI=1S/C15H11N3O3/c1-17(14-5-3-2-4-11(14)9-16)15-7-6-13(18(20)21)8-12(15)10-19/h2-8,10H,1H3. The first-order chi connectivity index (χ1) is 10.1. The first-order valence-electron chi connectivity index (χ1n) is 6.05. The van der Waals surface area contributed by atoms with E-state index in [0.717, 1.165) is 0 Å². The largest absolute Gasteiger partial charge is 0.343 e. The van der Waals surface area contributed by atoms with Crippen molar-refractivity contribution in [3.63, 3.8) is 0 Å². The second-order valence-corrected chi connectivity index (χ2v) is 4.31. The van der Waals surface area contributed by atoms with Crippen molar-refractivity contribution in [3.05, 3.63) is 63.7 Å². The topological polar surface area (TPSA) is 87.2 Å². The highest BCUT2D eigenvalue weighted by Crippen LogP contribution is 2.30. The summed E-state index contributed by atoms with van der Waals surface area (Å²) >= 11 is 0. The average Bonchev–Trinajstić information content (AvgIpc) is 2.53. The number of carbonyl (C=O) groups excluding carboxylic acids is 1. The number of rotatable bonds is 4. The molecule has 6 heteroatoms. The lowest BCUT2D eigenvalue weighted by atomic mass is 10.1. The van der Waals surface area contributed by atoms with E-state index in [4.69, 9.17) is 5.26 Å². The summed E-state index contributed by atoms with van der Waals surface area (Å²) in [6, 6.07) is 13.0. The van der Waals surface area contributed by atoms with Crippen molar-refractivity contribution in [2.75, 3.05) is 11.9 Å². The zero-order valence-corrected chi connectivity index (χ0v) is 11.2. The number of carbonyl (C=O) groups is 1. The molecule has 0 amide bonds. The molecule has 0 aromatic heterocycles. The molecular formula is C15H11N3O3. The van der Waals surface area contributed by atoms with Gasteiger partial charge in [-0.05, 0) is 18.2 Å². The third kappa shape index (κ3) is 2.72. The number of nitrogens with zero attached hydrogens (tertiary/aromatic N) is 3. The van der Waals surface area contributed by atoms with Crippen molar-refractivity contribution in [3.8, 4) is 6.07 Å². The predicted octanol–water partition coefficient (Wildman–Crippen LogP) is 3.05. The highest BCUT2D eigenvalue weighted by atomic mass is 16.6. The first-order valence-corrected chi connectivity index (χ1v) is 6.05. The Morgan fingerprint density at radius 1 is 1.24 bits per heavy atom. The van der Waals surface area contributed by atoms with Gasteiger partial charge in [0.25, 0.3) is 5.69 Å². The Labute approximate surface area is 121 Å². The number of nitro groups is 1. The minimum absolute atomic E-state index is 0.150. The number of nitro benzene ring substituents is 1. The number of para-hydroxylation sites is 1. The second-order valence-electron chi connectivity index (χ2n) is 4.31. The van der Waals surface area contributed by atoms with Crippen LogP contribution in [-0.4, -0.2) is 18.3 Å². The fourth-order valence-electron chi connectivity index (χ4n) is 2.05. The van der Waals surface area contributed by atoms with E-state index in [2.05, 4.69) is 6.07 Å². The van der Waals surface area contributed by atoms with E-state index < -0.39 is 4.92 Å². The molecule has 0 aliphatic carbocycles. The number of aldehydes is 1. The van der Waals surface area contributed by atoms with Crippen molar-refractivity contribution < 1.29 is 9.72 Å². The molecule has 0 saturated carbocycles. The molecule has 21 heavy (non-hydrogen) atoms. The van der Waals surface area contributed by atoms with Crippen LogP contribution in [0.4, 0.5) is 17.1 Å². The summed E-state index contributed by atoms with van der Waals surface area (Å²) < 4.78 is 0. The van der Waals surface area contributed by atoms with Gasteiger partial charge in [0.15, 0.2) is 6.29 Å². The number of non-ortho nitro benzene ring substituents is 1. The van der Waals surface area contributed by atoms with Crippen molar-refractivity contribution in [1.29, 1.82) is 5.26 Å². The highest BCUT2D eigenvalue weighted by Gasteiger charge is 2.15. The normalized spacial score (nSPS) is 9.71. The summed E-state index contributed by atoms with van der Waals surface area (Å²) in [6.07, 6.45) is 0.563. The minimum Gasteiger partial charge on any atom is -0.343 e. The van der Waals surface area contributed by atoms with Crippen LogP contribution in [0.3, 0.4) is 0 Å². The molecule has 0 aliphatic rings. The number of hydrogen-bond donors (Lipinski definition) is 0. The Kier molecular flexibility index (Phi) is 3.95. The lowest BCUT2D eigenvalue weighted by molar-refractivity contribution is -0.384. The molecule has 0 heterocycles. The van der Waals surface area contributed by atoms with E-state index in [-0.39, 0.29) is 11.3 Å². The van der Waals surface area contributed by atoms with Gasteiger partial charge in [0.2, 0.25) is 0 Å². The van der Waals surface area contributed by atoms with E-state index in [1.165, 1.54) is 18.2 Å². The SMILES string of the molecule is CN(c1ccccc1C#N)c1ccc([N+](=O)[O-])cc1C=O. The predicted molar refractivity (Wildman–Crippen MR) is 77.7 cm³/mol. The van der Waals surface area contributed by atoms with Crippen LogP contribution in [-0.2, 0) is 0 Å². The van der Waals surface area contributed by atoms with Gasteiger partial charge in [0, 0.05) is 24.7 Å². The lowest BCUT2D eigenvalue weighted by Crippen LogP contribution is -2.13. The fourth-order valence-corrected chi connectivity index (χ4v) is 2.05. The molecule has 0 saturated heterocycles. The van der Waals surface area contributed by atoms with E-state index in [9.17, 15) is 14.9 Å². The van der Waals surface area contributed by atoms with Gasteiger partial charge in [0.05, 0.1) is 21.9 Å². The molecule has 0 atom stereocenters. The van der Waals surface area contributed by atoms with Crippen LogP contribution in [0.25, 0.3) is 0 Å². The minimum atomic E-state index is -0.556. The summed E-state index contributed by atoms with van der Waals surface area (Å²) in [4.78, 5) is 23.0. The van der Waals surface area contributed by atoms with Gasteiger partial charge in [-0.1, -0.05) is 12.1 Å². The fraction of sp³-hybridized carbons (Fsp3) is 0.0667. The highest BCUT2D eigenvalue weighted by molar-refractivity contribution is 5.88. The van der Waals surface area contributed by atoms with Gasteiger partial charge < -0.3 is 4.90 Å². The summed E-state index contributed by atoms with van der Waals surface area (Å²) in [5.74, 6) is 0. The van der Waals surface area contributed by atoms with Crippen LogP contribution in [0.5, 0.6) is 0 Å². The van der Waals surface area contributed by atoms with Crippen molar-refractivity contribution in [2.24, 2.45) is 0 Å². The quantitative estimate of drug-likeness (QED) is 0.488. The van der Waals surface area contributed by atoms with E-state index in [1.54, 1.807) is 36.2 Å². The maximum atomic E-state index is 11.2. The zero-order chi connectivity index (χ0) is 15.4. The van der Waals surface area contributed by atoms with Crippen LogP contribution in [0.15, 0.2) is 42.5 Å². The van der Waals surface area contributed by atoms with E-state index in [0.29, 0.717) is 23.2 Å². The molecule has 0 N–H and O–H groups in total. The lowest BCUT2D eigenvalue weighted by Gasteiger charge is -2.21. The van der Waals surface area contributed by atoms with Crippen LogP contribution >= 0.6 is 0 Å². The third-order valence-corrected chi connectivity index (χ3v) is 3.10. The molecule has 0 fully saturated rings. The molecule has 0 unspecified atom stereocenters. The molecule has 0 aliphatic heterocycles. The summed E-state index contributed by atoms with van der Waals surface area (Å²) in [5.41, 5.74) is 1.62. The molecule has 2 rings (SSSR count). The Morgan fingerprint density at radius 3 is 2.57 bits per heavy atom. The monoisotopic (exact) mass is 281 g/mol. The summed E-state index contributed by atoms with van der Waals surface area (Å²) in [6.45, 7) is 0. The van der Waals surface area contributed by atoms with E-state index in [1.807, 2.05) is 0 Å². The Hall–Kier alpha value is -3.20. The van der Waals surface area contributed by atoms with E-state index >= 15 is 0 Å². The van der Waals surface area contributed by atoms with Gasteiger partial charge in [-0.2, -0.15) is 5.26 Å².